The lowest BCUT2D eigenvalue weighted by atomic mass is 10.2. The van der Waals surface area contributed by atoms with Crippen molar-refractivity contribution >= 4 is 43.2 Å². The second kappa shape index (κ2) is 4.09. The second-order valence-corrected chi connectivity index (χ2v) is 5.79. The van der Waals surface area contributed by atoms with Crippen LogP contribution in [0.1, 0.15) is 16.7 Å². The smallest absolute Gasteiger partial charge is 0.213 e. The van der Waals surface area contributed by atoms with Gasteiger partial charge in [0.1, 0.15) is 6.04 Å². The summed E-state index contributed by atoms with van der Waals surface area (Å²) in [7, 11) is 0. The van der Waals surface area contributed by atoms with E-state index in [1.165, 1.54) is 6.39 Å². The molecule has 7 heteroatoms. The molecule has 0 radical (unpaired) electrons. The quantitative estimate of drug-likeness (QED) is 0.914. The van der Waals surface area contributed by atoms with E-state index >= 15 is 0 Å². The molecule has 2 rings (SSSR count). The SMILES string of the molecule is NC(c1ncon1)c1cc(Br)c(Br)s1. The zero-order valence-electron chi connectivity index (χ0n) is 6.78. The van der Waals surface area contributed by atoms with Crippen molar-refractivity contribution in [3.8, 4) is 0 Å². The Hall–Kier alpha value is -0.240. The third-order valence-electron chi connectivity index (χ3n) is 1.63. The average Bonchev–Trinajstić information content (AvgIpc) is 2.76. The minimum absolute atomic E-state index is 0.332. The van der Waals surface area contributed by atoms with Crippen LogP contribution in [0.5, 0.6) is 0 Å². The first kappa shape index (κ1) is 10.3. The predicted molar refractivity (Wildman–Crippen MR) is 60.0 cm³/mol. The Balaban J connectivity index is 2.32. The summed E-state index contributed by atoms with van der Waals surface area (Å²) in [6.07, 6.45) is 1.27. The molecule has 2 N–H and O–H groups in total. The van der Waals surface area contributed by atoms with E-state index in [0.29, 0.717) is 5.82 Å². The van der Waals surface area contributed by atoms with E-state index in [-0.39, 0.29) is 6.04 Å². The first-order chi connectivity index (χ1) is 6.68. The molecule has 0 bridgehead atoms. The highest BCUT2D eigenvalue weighted by atomic mass is 79.9. The van der Waals surface area contributed by atoms with Crippen LogP contribution in [0, 0.1) is 0 Å². The predicted octanol–water partition coefficient (Wildman–Crippen LogP) is 2.70. The van der Waals surface area contributed by atoms with Crippen molar-refractivity contribution in [2.24, 2.45) is 5.73 Å². The van der Waals surface area contributed by atoms with Gasteiger partial charge >= 0.3 is 0 Å². The molecule has 0 spiro atoms. The molecular formula is C7H5Br2N3OS. The van der Waals surface area contributed by atoms with Crippen molar-refractivity contribution in [3.05, 3.63) is 31.4 Å². The molecule has 0 aliphatic carbocycles. The number of hydrogen-bond donors (Lipinski definition) is 1. The summed E-state index contributed by atoms with van der Waals surface area (Å²) in [5, 5.41) is 3.70. The molecule has 0 saturated carbocycles. The summed E-state index contributed by atoms with van der Waals surface area (Å²) < 4.78 is 6.62. The summed E-state index contributed by atoms with van der Waals surface area (Å²) >= 11 is 8.33. The molecule has 0 amide bonds. The molecule has 4 nitrogen and oxygen atoms in total. The number of thiophene rings is 1. The molecule has 0 aliphatic heterocycles. The summed E-state index contributed by atoms with van der Waals surface area (Å²) in [5.41, 5.74) is 5.93. The molecule has 1 unspecified atom stereocenters. The monoisotopic (exact) mass is 337 g/mol. The van der Waals surface area contributed by atoms with E-state index in [1.807, 2.05) is 6.07 Å². The van der Waals surface area contributed by atoms with Crippen LogP contribution in [0.3, 0.4) is 0 Å². The lowest BCUT2D eigenvalue weighted by Gasteiger charge is -2.01. The maximum Gasteiger partial charge on any atom is 0.213 e. The topological polar surface area (TPSA) is 64.9 Å². The van der Waals surface area contributed by atoms with E-state index in [9.17, 15) is 0 Å². The van der Waals surface area contributed by atoms with E-state index in [4.69, 9.17) is 5.73 Å². The highest BCUT2D eigenvalue weighted by Gasteiger charge is 2.17. The highest BCUT2D eigenvalue weighted by Crippen LogP contribution is 2.35. The average molecular weight is 339 g/mol. The van der Waals surface area contributed by atoms with E-state index in [2.05, 4.69) is 46.5 Å². The summed E-state index contributed by atoms with van der Waals surface area (Å²) in [6, 6.07) is 1.61. The molecular weight excluding hydrogens is 334 g/mol. The van der Waals surface area contributed by atoms with Gasteiger partial charge in [-0.15, -0.1) is 11.3 Å². The number of hydrogen-bond acceptors (Lipinski definition) is 5. The Kier molecular flexibility index (Phi) is 3.01. The summed E-state index contributed by atoms with van der Waals surface area (Å²) in [6.45, 7) is 0. The maximum atomic E-state index is 5.93. The van der Waals surface area contributed by atoms with Gasteiger partial charge in [-0.05, 0) is 37.9 Å². The van der Waals surface area contributed by atoms with E-state index in [0.717, 1.165) is 13.1 Å². The molecule has 2 aromatic heterocycles. The maximum absolute atomic E-state index is 5.93. The Labute approximate surface area is 101 Å². The first-order valence-electron chi connectivity index (χ1n) is 3.65. The minimum Gasteiger partial charge on any atom is -0.343 e. The third-order valence-corrected chi connectivity index (χ3v) is 4.97. The summed E-state index contributed by atoms with van der Waals surface area (Å²) in [5.74, 6) is 0.492. The van der Waals surface area contributed by atoms with Crippen molar-refractivity contribution in [3.63, 3.8) is 0 Å². The second-order valence-electron chi connectivity index (χ2n) is 2.54. The molecule has 2 heterocycles. The molecule has 0 aromatic carbocycles. The van der Waals surface area contributed by atoms with Gasteiger partial charge < -0.3 is 10.3 Å². The molecule has 0 fully saturated rings. The third kappa shape index (κ3) is 1.90. The number of rotatable bonds is 2. The van der Waals surface area contributed by atoms with Gasteiger partial charge in [-0.3, -0.25) is 0 Å². The van der Waals surface area contributed by atoms with E-state index < -0.39 is 0 Å². The first-order valence-corrected chi connectivity index (χ1v) is 6.05. The fourth-order valence-corrected chi connectivity index (χ4v) is 3.05. The minimum atomic E-state index is -0.332. The van der Waals surface area contributed by atoms with Crippen molar-refractivity contribution in [1.29, 1.82) is 0 Å². The molecule has 0 saturated heterocycles. The number of nitrogens with zero attached hydrogens (tertiary/aromatic N) is 2. The van der Waals surface area contributed by atoms with Gasteiger partial charge in [0.05, 0.1) is 3.79 Å². The van der Waals surface area contributed by atoms with Crippen LogP contribution in [0.25, 0.3) is 0 Å². The van der Waals surface area contributed by atoms with Crippen LogP contribution in [0.15, 0.2) is 25.2 Å². The Morgan fingerprint density at radius 2 is 2.29 bits per heavy atom. The fraction of sp³-hybridized carbons (Fsp3) is 0.143. The van der Waals surface area contributed by atoms with Crippen LogP contribution in [-0.4, -0.2) is 10.1 Å². The van der Waals surface area contributed by atoms with Gasteiger partial charge in [0.2, 0.25) is 6.39 Å². The van der Waals surface area contributed by atoms with Gasteiger partial charge in [0, 0.05) is 9.35 Å². The Bertz CT molecular complexity index is 409. The normalized spacial score (nSPS) is 13.1. The van der Waals surface area contributed by atoms with Gasteiger partial charge in [-0.25, -0.2) is 0 Å². The number of halogens is 2. The van der Waals surface area contributed by atoms with Crippen LogP contribution < -0.4 is 5.73 Å². The molecule has 2 aromatic rings. The Morgan fingerprint density at radius 3 is 2.79 bits per heavy atom. The van der Waals surface area contributed by atoms with Gasteiger partial charge in [-0.1, -0.05) is 5.16 Å². The fourth-order valence-electron chi connectivity index (χ4n) is 0.960. The zero-order valence-corrected chi connectivity index (χ0v) is 10.8. The van der Waals surface area contributed by atoms with Crippen LogP contribution in [0.4, 0.5) is 0 Å². The van der Waals surface area contributed by atoms with Crippen molar-refractivity contribution < 1.29 is 4.52 Å². The van der Waals surface area contributed by atoms with Gasteiger partial charge in [0.15, 0.2) is 5.82 Å². The molecule has 14 heavy (non-hydrogen) atoms. The van der Waals surface area contributed by atoms with Crippen molar-refractivity contribution in [2.75, 3.05) is 0 Å². The number of aromatic nitrogens is 2. The van der Waals surface area contributed by atoms with E-state index in [1.54, 1.807) is 11.3 Å². The lowest BCUT2D eigenvalue weighted by Crippen LogP contribution is -2.11. The highest BCUT2D eigenvalue weighted by molar-refractivity contribution is 9.13. The standard InChI is InChI=1S/C7H5Br2N3OS/c8-3-1-4(14-6(3)9)5(10)7-11-2-13-12-7/h1-2,5H,10H2. The lowest BCUT2D eigenvalue weighted by molar-refractivity contribution is 0.407. The number of nitrogens with two attached hydrogens (primary N) is 1. The van der Waals surface area contributed by atoms with Crippen LogP contribution in [0.2, 0.25) is 0 Å². The largest absolute Gasteiger partial charge is 0.343 e. The molecule has 74 valence electrons. The van der Waals surface area contributed by atoms with Crippen LogP contribution in [-0.2, 0) is 0 Å². The molecule has 1 atom stereocenters. The Morgan fingerprint density at radius 1 is 1.50 bits per heavy atom. The van der Waals surface area contributed by atoms with Crippen molar-refractivity contribution in [2.45, 2.75) is 6.04 Å². The zero-order chi connectivity index (χ0) is 10.1. The van der Waals surface area contributed by atoms with Gasteiger partial charge in [-0.2, -0.15) is 4.98 Å². The van der Waals surface area contributed by atoms with Gasteiger partial charge in [0.25, 0.3) is 0 Å². The summed E-state index contributed by atoms with van der Waals surface area (Å²) in [4.78, 5) is 4.88. The molecule has 0 aliphatic rings. The van der Waals surface area contributed by atoms with Crippen LogP contribution >= 0.6 is 43.2 Å². The van der Waals surface area contributed by atoms with Crippen molar-refractivity contribution in [1.82, 2.24) is 10.1 Å².